The minimum atomic E-state index is -4.85. The first-order valence-corrected chi connectivity index (χ1v) is 7.44. The molecule has 0 aliphatic heterocycles. The molecule has 0 heterocycles. The number of rotatable bonds is 5. The number of nitrogens with zero attached hydrogens (tertiary/aromatic N) is 1. The molecule has 0 fully saturated rings. The lowest BCUT2D eigenvalue weighted by Crippen LogP contribution is -2.09. The van der Waals surface area contributed by atoms with Crippen molar-refractivity contribution in [2.75, 3.05) is 0 Å². The summed E-state index contributed by atoms with van der Waals surface area (Å²) < 4.78 is 56.3. The zero-order chi connectivity index (χ0) is 19.9. The molecule has 5 nitrogen and oxygen atoms in total. The molecule has 26 heavy (non-hydrogen) atoms. The van der Waals surface area contributed by atoms with E-state index in [0.717, 1.165) is 24.3 Å². The maximum atomic E-state index is 13.2. The molecule has 0 unspecified atom stereocenters. The van der Waals surface area contributed by atoms with Gasteiger partial charge in [-0.15, -0.1) is 0 Å². The zero-order valence-electron chi connectivity index (χ0n) is 13.8. The zero-order valence-corrected chi connectivity index (χ0v) is 13.8. The molecular weight excluding hydrogens is 358 g/mol. The van der Waals surface area contributed by atoms with Gasteiger partial charge >= 0.3 is 6.18 Å². The number of carbonyl (C=O) groups excluding carboxylic acids is 1. The Morgan fingerprint density at radius 3 is 2.35 bits per heavy atom. The number of ether oxygens (including phenoxy) is 1. The average Bonchev–Trinajstić information content (AvgIpc) is 2.61. The molecule has 0 aliphatic carbocycles. The van der Waals surface area contributed by atoms with Crippen LogP contribution in [0.2, 0.25) is 0 Å². The van der Waals surface area contributed by atoms with Gasteiger partial charge in [-0.1, -0.05) is 19.9 Å². The number of hydrogen-bond acceptors (Lipinski definition) is 4. The quantitative estimate of drug-likeness (QED) is 0.314. The summed E-state index contributed by atoms with van der Waals surface area (Å²) in [6.45, 7) is 3.63. The number of benzene rings is 2. The van der Waals surface area contributed by atoms with Crippen LogP contribution in [0.1, 0.15) is 35.3 Å². The maximum absolute atomic E-state index is 13.2. The Hall–Kier alpha value is -2.97. The van der Waals surface area contributed by atoms with E-state index >= 15 is 0 Å². The number of nitro groups is 1. The van der Waals surface area contributed by atoms with Gasteiger partial charge in [0, 0.05) is 12.1 Å². The second-order valence-corrected chi connectivity index (χ2v) is 4.70. The second kappa shape index (κ2) is 8.93. The molecule has 140 valence electrons. The van der Waals surface area contributed by atoms with E-state index in [2.05, 4.69) is 0 Å². The highest BCUT2D eigenvalue weighted by Crippen LogP contribution is 2.32. The predicted octanol–water partition coefficient (Wildman–Crippen LogP) is 5.17. The molecule has 0 saturated heterocycles. The number of halogens is 4. The van der Waals surface area contributed by atoms with Gasteiger partial charge in [-0.2, -0.15) is 13.2 Å². The van der Waals surface area contributed by atoms with Crippen molar-refractivity contribution in [2.45, 2.75) is 26.6 Å². The van der Waals surface area contributed by atoms with Crippen LogP contribution in [-0.2, 0) is 12.8 Å². The van der Waals surface area contributed by atoms with E-state index in [0.29, 0.717) is 18.4 Å². The molecule has 2 aromatic rings. The van der Waals surface area contributed by atoms with Crippen LogP contribution >= 0.6 is 0 Å². The number of aldehydes is 1. The van der Waals surface area contributed by atoms with E-state index in [1.54, 1.807) is 0 Å². The molecule has 0 amide bonds. The van der Waals surface area contributed by atoms with Crippen molar-refractivity contribution in [1.29, 1.82) is 0 Å². The van der Waals surface area contributed by atoms with Crippen molar-refractivity contribution in [3.05, 3.63) is 69.0 Å². The van der Waals surface area contributed by atoms with Gasteiger partial charge in [-0.25, -0.2) is 4.39 Å². The third kappa shape index (κ3) is 5.27. The maximum Gasteiger partial charge on any atom is 0.419 e. The van der Waals surface area contributed by atoms with Crippen LogP contribution in [0.3, 0.4) is 0 Å². The van der Waals surface area contributed by atoms with Crippen molar-refractivity contribution < 1.29 is 32.0 Å². The Balaban J connectivity index is 0.00000163. The normalized spacial score (nSPS) is 10.5. The summed E-state index contributed by atoms with van der Waals surface area (Å²) in [5, 5.41) is 10.6. The lowest BCUT2D eigenvalue weighted by atomic mass is 10.1. The Morgan fingerprint density at radius 1 is 1.15 bits per heavy atom. The van der Waals surface area contributed by atoms with Crippen LogP contribution in [0.15, 0.2) is 36.4 Å². The second-order valence-electron chi connectivity index (χ2n) is 4.70. The Bertz CT molecular complexity index is 791. The first-order valence-electron chi connectivity index (χ1n) is 7.44. The lowest BCUT2D eigenvalue weighted by Gasteiger charge is -2.12. The van der Waals surface area contributed by atoms with Crippen molar-refractivity contribution in [3.63, 3.8) is 0 Å². The van der Waals surface area contributed by atoms with Gasteiger partial charge in [0.25, 0.3) is 5.69 Å². The summed E-state index contributed by atoms with van der Waals surface area (Å²) in [5.41, 5.74) is -1.85. The van der Waals surface area contributed by atoms with Gasteiger partial charge in [0.1, 0.15) is 18.2 Å². The largest absolute Gasteiger partial charge is 0.488 e. The van der Waals surface area contributed by atoms with Crippen LogP contribution in [0.4, 0.5) is 23.2 Å². The third-order valence-corrected chi connectivity index (χ3v) is 3.06. The third-order valence-electron chi connectivity index (χ3n) is 3.06. The summed E-state index contributed by atoms with van der Waals surface area (Å²) in [6, 6.07) is 5.61. The molecule has 9 heteroatoms. The van der Waals surface area contributed by atoms with E-state index in [1.807, 2.05) is 13.8 Å². The highest BCUT2D eigenvalue weighted by Gasteiger charge is 2.34. The summed E-state index contributed by atoms with van der Waals surface area (Å²) in [6.07, 6.45) is -4.52. The minimum Gasteiger partial charge on any atom is -0.488 e. The van der Waals surface area contributed by atoms with Crippen LogP contribution in [0.25, 0.3) is 0 Å². The lowest BCUT2D eigenvalue weighted by molar-refractivity contribution is -0.384. The number of alkyl halides is 3. The Morgan fingerprint density at radius 2 is 1.81 bits per heavy atom. The SMILES string of the molecule is CC.O=Cc1cc([N+](=O)[O-])ccc1OCc1ccc(F)c(C(F)(F)F)c1. The van der Waals surface area contributed by atoms with Gasteiger partial charge < -0.3 is 4.74 Å². The first kappa shape index (κ1) is 21.1. The van der Waals surface area contributed by atoms with Gasteiger partial charge in [-0.3, -0.25) is 14.9 Å². The number of carbonyl (C=O) groups is 1. The van der Waals surface area contributed by atoms with Crippen LogP contribution in [0, 0.1) is 15.9 Å². The molecule has 0 radical (unpaired) electrons. The van der Waals surface area contributed by atoms with Crippen molar-refractivity contribution >= 4 is 12.0 Å². The number of hydrogen-bond donors (Lipinski definition) is 0. The van der Waals surface area contributed by atoms with E-state index in [9.17, 15) is 32.5 Å². The molecular formula is C17H15F4NO4. The van der Waals surface area contributed by atoms with Crippen LogP contribution in [-0.4, -0.2) is 11.2 Å². The fraction of sp³-hybridized carbons (Fsp3) is 0.235. The number of nitro benzene ring substituents is 1. The van der Waals surface area contributed by atoms with Gasteiger partial charge in [-0.05, 0) is 23.8 Å². The molecule has 0 N–H and O–H groups in total. The topological polar surface area (TPSA) is 69.4 Å². The fourth-order valence-corrected chi connectivity index (χ4v) is 1.91. The molecule has 2 rings (SSSR count). The highest BCUT2D eigenvalue weighted by molar-refractivity contribution is 5.80. The van der Waals surface area contributed by atoms with E-state index in [1.165, 1.54) is 0 Å². The van der Waals surface area contributed by atoms with E-state index < -0.39 is 22.5 Å². The molecule has 0 bridgehead atoms. The Kier molecular flexibility index (Phi) is 7.24. The van der Waals surface area contributed by atoms with Gasteiger partial charge in [0.2, 0.25) is 0 Å². The minimum absolute atomic E-state index is 0.0268. The Labute approximate surface area is 146 Å². The predicted molar refractivity (Wildman–Crippen MR) is 85.6 cm³/mol. The van der Waals surface area contributed by atoms with Gasteiger partial charge in [0.15, 0.2) is 6.29 Å². The molecule has 2 aromatic carbocycles. The monoisotopic (exact) mass is 373 g/mol. The smallest absolute Gasteiger partial charge is 0.419 e. The fourth-order valence-electron chi connectivity index (χ4n) is 1.91. The summed E-state index contributed by atoms with van der Waals surface area (Å²) >= 11 is 0. The highest BCUT2D eigenvalue weighted by atomic mass is 19.4. The standard InChI is InChI=1S/C15H9F4NO4.C2H6/c16-13-3-1-9(5-12(13)15(17,18)19)8-24-14-4-2-11(20(22)23)6-10(14)7-21;1-2/h1-7H,8H2;1-2H3. The molecule has 0 aliphatic rings. The molecule has 0 atom stereocenters. The van der Waals surface area contributed by atoms with Gasteiger partial charge in [0.05, 0.1) is 16.1 Å². The molecule has 0 spiro atoms. The molecule has 0 aromatic heterocycles. The van der Waals surface area contributed by atoms with Crippen molar-refractivity contribution in [1.82, 2.24) is 0 Å². The number of non-ortho nitro benzene ring substituents is 1. The summed E-state index contributed by atoms with van der Waals surface area (Å²) in [7, 11) is 0. The summed E-state index contributed by atoms with van der Waals surface area (Å²) in [4.78, 5) is 20.9. The van der Waals surface area contributed by atoms with Crippen LogP contribution < -0.4 is 4.74 Å². The van der Waals surface area contributed by atoms with Crippen molar-refractivity contribution in [2.24, 2.45) is 0 Å². The van der Waals surface area contributed by atoms with E-state index in [-0.39, 0.29) is 29.2 Å². The molecule has 0 saturated carbocycles. The van der Waals surface area contributed by atoms with E-state index in [4.69, 9.17) is 4.74 Å². The summed E-state index contributed by atoms with van der Waals surface area (Å²) in [5.74, 6) is -1.44. The average molecular weight is 373 g/mol. The first-order chi connectivity index (χ1) is 12.2. The van der Waals surface area contributed by atoms with Crippen molar-refractivity contribution in [3.8, 4) is 5.75 Å². The van der Waals surface area contributed by atoms with Crippen LogP contribution in [0.5, 0.6) is 5.75 Å².